The number of nitrogen functional groups attached to an aromatic ring is 1. The summed E-state index contributed by atoms with van der Waals surface area (Å²) in [4.78, 5) is 0. The number of nitrogens with one attached hydrogen (secondary N) is 1. The zero-order valence-corrected chi connectivity index (χ0v) is 9.53. The molecule has 1 aliphatic rings. The Hall–Kier alpha value is -1.42. The van der Waals surface area contributed by atoms with Crippen molar-refractivity contribution in [2.24, 2.45) is 0 Å². The average Bonchev–Trinajstić information content (AvgIpc) is 2.78. The maximum absolute atomic E-state index is 5.77. The summed E-state index contributed by atoms with van der Waals surface area (Å²) in [6, 6.07) is 5.64. The first kappa shape index (κ1) is 11.1. The van der Waals surface area contributed by atoms with Crippen molar-refractivity contribution >= 4 is 11.4 Å². The van der Waals surface area contributed by atoms with Gasteiger partial charge in [0.25, 0.3) is 0 Å². The van der Waals surface area contributed by atoms with Gasteiger partial charge in [-0.25, -0.2) is 0 Å². The van der Waals surface area contributed by atoms with Crippen LogP contribution >= 0.6 is 0 Å². The maximum Gasteiger partial charge on any atom is 0.122 e. The molecule has 0 amide bonds. The van der Waals surface area contributed by atoms with Crippen LogP contribution < -0.4 is 15.8 Å². The number of ether oxygens (including phenoxy) is 2. The van der Waals surface area contributed by atoms with Gasteiger partial charge in [-0.15, -0.1) is 0 Å². The van der Waals surface area contributed by atoms with Gasteiger partial charge < -0.3 is 20.5 Å². The minimum absolute atomic E-state index is 0.326. The molecule has 88 valence electrons. The summed E-state index contributed by atoms with van der Waals surface area (Å²) in [5, 5.41) is 3.32. The minimum Gasteiger partial charge on any atom is -0.497 e. The van der Waals surface area contributed by atoms with E-state index in [1.165, 1.54) is 0 Å². The monoisotopic (exact) mass is 222 g/mol. The van der Waals surface area contributed by atoms with Gasteiger partial charge in [-0.05, 0) is 18.9 Å². The Kier molecular flexibility index (Phi) is 3.51. The summed E-state index contributed by atoms with van der Waals surface area (Å²) in [6.45, 7) is 1.71. The number of hydrogen-bond acceptors (Lipinski definition) is 4. The molecular formula is C12H18N2O2. The van der Waals surface area contributed by atoms with E-state index in [9.17, 15) is 0 Å². The maximum atomic E-state index is 5.77. The molecule has 1 fully saturated rings. The van der Waals surface area contributed by atoms with Crippen molar-refractivity contribution in [3.8, 4) is 5.75 Å². The first-order valence-corrected chi connectivity index (χ1v) is 5.58. The summed E-state index contributed by atoms with van der Waals surface area (Å²) in [5.74, 6) is 0.773. The fraction of sp³-hybridized carbons (Fsp3) is 0.500. The standard InChI is InChI=1S/C12H18N2O2/c1-15-12-6-9(13)5-10(7-12)14-8-11-3-2-4-16-11/h5-7,11,14H,2-4,8,13H2,1H3. The molecule has 0 radical (unpaired) electrons. The largest absolute Gasteiger partial charge is 0.497 e. The molecule has 1 unspecified atom stereocenters. The molecule has 0 aliphatic carbocycles. The Morgan fingerprint density at radius 2 is 2.38 bits per heavy atom. The van der Waals surface area contributed by atoms with E-state index < -0.39 is 0 Å². The molecule has 16 heavy (non-hydrogen) atoms. The van der Waals surface area contributed by atoms with Crippen LogP contribution in [0.4, 0.5) is 11.4 Å². The minimum atomic E-state index is 0.326. The Morgan fingerprint density at radius 1 is 1.50 bits per heavy atom. The summed E-state index contributed by atoms with van der Waals surface area (Å²) in [7, 11) is 1.64. The lowest BCUT2D eigenvalue weighted by atomic mass is 10.2. The molecule has 1 atom stereocenters. The fourth-order valence-corrected chi connectivity index (χ4v) is 1.88. The smallest absolute Gasteiger partial charge is 0.122 e. The van der Waals surface area contributed by atoms with E-state index in [0.29, 0.717) is 11.8 Å². The lowest BCUT2D eigenvalue weighted by Gasteiger charge is -2.13. The van der Waals surface area contributed by atoms with E-state index in [2.05, 4.69) is 5.32 Å². The molecule has 0 spiro atoms. The highest BCUT2D eigenvalue weighted by molar-refractivity contribution is 5.59. The molecule has 1 aromatic carbocycles. The van der Waals surface area contributed by atoms with Crippen LogP contribution in [-0.2, 0) is 4.74 Å². The zero-order chi connectivity index (χ0) is 11.4. The topological polar surface area (TPSA) is 56.5 Å². The molecule has 1 saturated heterocycles. The van der Waals surface area contributed by atoms with E-state index in [0.717, 1.165) is 37.4 Å². The van der Waals surface area contributed by atoms with Crippen LogP contribution in [0.1, 0.15) is 12.8 Å². The quantitative estimate of drug-likeness (QED) is 0.764. The summed E-state index contributed by atoms with van der Waals surface area (Å²) < 4.78 is 10.7. The van der Waals surface area contributed by atoms with Crippen molar-refractivity contribution in [2.75, 3.05) is 31.3 Å². The predicted molar refractivity (Wildman–Crippen MR) is 64.9 cm³/mol. The first-order valence-electron chi connectivity index (χ1n) is 5.58. The number of hydrogen-bond donors (Lipinski definition) is 2. The SMILES string of the molecule is COc1cc(N)cc(NCC2CCCO2)c1. The van der Waals surface area contributed by atoms with E-state index in [4.69, 9.17) is 15.2 Å². The second-order valence-electron chi connectivity index (χ2n) is 4.01. The summed E-state index contributed by atoms with van der Waals surface area (Å²) >= 11 is 0. The van der Waals surface area contributed by atoms with Crippen LogP contribution in [0, 0.1) is 0 Å². The van der Waals surface area contributed by atoms with Gasteiger partial charge in [-0.2, -0.15) is 0 Å². The zero-order valence-electron chi connectivity index (χ0n) is 9.53. The van der Waals surface area contributed by atoms with Gasteiger partial charge >= 0.3 is 0 Å². The number of benzene rings is 1. The van der Waals surface area contributed by atoms with E-state index in [-0.39, 0.29) is 0 Å². The van der Waals surface area contributed by atoms with Gasteiger partial charge in [0.1, 0.15) is 5.75 Å². The highest BCUT2D eigenvalue weighted by atomic mass is 16.5. The third-order valence-electron chi connectivity index (χ3n) is 2.72. The number of rotatable bonds is 4. The van der Waals surface area contributed by atoms with Crippen LogP contribution in [-0.4, -0.2) is 26.4 Å². The highest BCUT2D eigenvalue weighted by Crippen LogP contribution is 2.22. The number of nitrogens with two attached hydrogens (primary N) is 1. The first-order chi connectivity index (χ1) is 7.78. The molecule has 0 bridgehead atoms. The van der Waals surface area contributed by atoms with Gasteiger partial charge in [-0.3, -0.25) is 0 Å². The van der Waals surface area contributed by atoms with Crippen molar-refractivity contribution in [3.63, 3.8) is 0 Å². The fourth-order valence-electron chi connectivity index (χ4n) is 1.88. The van der Waals surface area contributed by atoms with Crippen molar-refractivity contribution in [1.29, 1.82) is 0 Å². The van der Waals surface area contributed by atoms with Crippen LogP contribution in [0.15, 0.2) is 18.2 Å². The molecule has 3 N–H and O–H groups in total. The Bertz CT molecular complexity index is 349. The molecule has 4 nitrogen and oxygen atoms in total. The molecule has 1 aromatic rings. The number of methoxy groups -OCH3 is 1. The molecule has 4 heteroatoms. The van der Waals surface area contributed by atoms with Crippen molar-refractivity contribution in [1.82, 2.24) is 0 Å². The predicted octanol–water partition coefficient (Wildman–Crippen LogP) is 1.87. The van der Waals surface area contributed by atoms with E-state index >= 15 is 0 Å². The van der Waals surface area contributed by atoms with Gasteiger partial charge in [0.2, 0.25) is 0 Å². The van der Waals surface area contributed by atoms with Crippen molar-refractivity contribution < 1.29 is 9.47 Å². The van der Waals surface area contributed by atoms with Gasteiger partial charge in [0.15, 0.2) is 0 Å². The van der Waals surface area contributed by atoms with Crippen molar-refractivity contribution in [2.45, 2.75) is 18.9 Å². The highest BCUT2D eigenvalue weighted by Gasteiger charge is 2.14. The van der Waals surface area contributed by atoms with Gasteiger partial charge in [-0.1, -0.05) is 0 Å². The second kappa shape index (κ2) is 5.07. The molecular weight excluding hydrogens is 204 g/mol. The molecule has 0 saturated carbocycles. The van der Waals surface area contributed by atoms with Crippen LogP contribution in [0.25, 0.3) is 0 Å². The van der Waals surface area contributed by atoms with Gasteiger partial charge in [0.05, 0.1) is 13.2 Å². The second-order valence-corrected chi connectivity index (χ2v) is 4.01. The van der Waals surface area contributed by atoms with Crippen LogP contribution in [0.5, 0.6) is 5.75 Å². The Labute approximate surface area is 95.7 Å². The molecule has 1 aliphatic heterocycles. The van der Waals surface area contributed by atoms with Crippen molar-refractivity contribution in [3.05, 3.63) is 18.2 Å². The lowest BCUT2D eigenvalue weighted by molar-refractivity contribution is 0.120. The van der Waals surface area contributed by atoms with E-state index in [1.807, 2.05) is 12.1 Å². The third kappa shape index (κ3) is 2.79. The molecule has 0 aromatic heterocycles. The normalized spacial score (nSPS) is 19.7. The van der Waals surface area contributed by atoms with Crippen LogP contribution in [0.3, 0.4) is 0 Å². The van der Waals surface area contributed by atoms with Crippen LogP contribution in [0.2, 0.25) is 0 Å². The average molecular weight is 222 g/mol. The molecule has 1 heterocycles. The summed E-state index contributed by atoms with van der Waals surface area (Å²) in [5.41, 5.74) is 7.45. The Balaban J connectivity index is 1.94. The third-order valence-corrected chi connectivity index (χ3v) is 2.72. The number of anilines is 2. The van der Waals surface area contributed by atoms with E-state index in [1.54, 1.807) is 13.2 Å². The summed E-state index contributed by atoms with van der Waals surface area (Å²) in [6.07, 6.45) is 2.62. The molecule has 2 rings (SSSR count). The lowest BCUT2D eigenvalue weighted by Crippen LogP contribution is -2.18. The van der Waals surface area contributed by atoms with Gasteiger partial charge in [0, 0.05) is 36.7 Å². The Morgan fingerprint density at radius 3 is 3.06 bits per heavy atom.